The van der Waals surface area contributed by atoms with Crippen LogP contribution in [-0.4, -0.2) is 24.5 Å². The molecule has 0 aromatic rings. The Morgan fingerprint density at radius 3 is 2.71 bits per heavy atom. The van der Waals surface area contributed by atoms with E-state index in [1.165, 1.54) is 19.3 Å². The van der Waals surface area contributed by atoms with Gasteiger partial charge < -0.3 is 10.6 Å². The van der Waals surface area contributed by atoms with Gasteiger partial charge in [-0.3, -0.25) is 4.79 Å². The largest absolute Gasteiger partial charge is 0.352 e. The van der Waals surface area contributed by atoms with Gasteiger partial charge in [0, 0.05) is 19.0 Å². The van der Waals surface area contributed by atoms with E-state index in [0.717, 1.165) is 25.8 Å². The van der Waals surface area contributed by atoms with Crippen LogP contribution in [0.5, 0.6) is 0 Å². The van der Waals surface area contributed by atoms with E-state index in [2.05, 4.69) is 22.5 Å². The summed E-state index contributed by atoms with van der Waals surface area (Å²) in [5, 5.41) is 6.31. The number of nitrogens with one attached hydrogen (secondary N) is 2. The summed E-state index contributed by atoms with van der Waals surface area (Å²) in [6, 6.07) is 0.284. The summed E-state index contributed by atoms with van der Waals surface area (Å²) >= 11 is 0. The van der Waals surface area contributed by atoms with Crippen molar-refractivity contribution in [3.63, 3.8) is 0 Å². The maximum Gasteiger partial charge on any atom is 0.237 e. The molecule has 17 heavy (non-hydrogen) atoms. The number of rotatable bonds is 5. The van der Waals surface area contributed by atoms with Gasteiger partial charge in [0.05, 0.1) is 6.04 Å². The van der Waals surface area contributed by atoms with Crippen LogP contribution in [0.15, 0.2) is 0 Å². The molecule has 3 heteroatoms. The Morgan fingerprint density at radius 1 is 1.35 bits per heavy atom. The van der Waals surface area contributed by atoms with Gasteiger partial charge >= 0.3 is 0 Å². The normalized spacial score (nSPS) is 18.0. The zero-order valence-corrected chi connectivity index (χ0v) is 11.0. The maximum atomic E-state index is 11.9. The van der Waals surface area contributed by atoms with Crippen molar-refractivity contribution in [3.05, 3.63) is 0 Å². The van der Waals surface area contributed by atoms with E-state index in [0.29, 0.717) is 6.04 Å². The van der Waals surface area contributed by atoms with Crippen molar-refractivity contribution in [2.75, 3.05) is 6.54 Å². The monoisotopic (exact) mass is 236 g/mol. The molecule has 1 rings (SSSR count). The molecule has 1 atom stereocenters. The highest BCUT2D eigenvalue weighted by Gasteiger charge is 2.18. The highest BCUT2D eigenvalue weighted by molar-refractivity contribution is 5.81. The molecule has 96 valence electrons. The Hall–Kier alpha value is -1.01. The molecule has 0 aromatic heterocycles. The van der Waals surface area contributed by atoms with E-state index in [-0.39, 0.29) is 11.9 Å². The van der Waals surface area contributed by atoms with Crippen LogP contribution in [0.4, 0.5) is 0 Å². The van der Waals surface area contributed by atoms with E-state index >= 15 is 0 Å². The first-order valence-corrected chi connectivity index (χ1v) is 6.67. The first-order valence-electron chi connectivity index (χ1n) is 6.67. The molecule has 1 fully saturated rings. The van der Waals surface area contributed by atoms with Crippen molar-refractivity contribution in [2.45, 2.75) is 64.5 Å². The predicted octanol–water partition coefficient (Wildman–Crippen LogP) is 1.83. The van der Waals surface area contributed by atoms with Crippen molar-refractivity contribution in [3.8, 4) is 11.8 Å². The first kappa shape index (κ1) is 14.1. The molecule has 0 radical (unpaired) electrons. The third kappa shape index (κ3) is 5.74. The van der Waals surface area contributed by atoms with Crippen molar-refractivity contribution < 1.29 is 4.79 Å². The number of hydrogen-bond donors (Lipinski definition) is 2. The molecule has 0 aliphatic heterocycles. The Bertz CT molecular complexity index is 284. The zero-order chi connectivity index (χ0) is 12.5. The molecular weight excluding hydrogens is 212 g/mol. The molecule has 1 amide bonds. The molecule has 1 unspecified atom stereocenters. The molecule has 1 saturated carbocycles. The lowest BCUT2D eigenvalue weighted by Gasteiger charge is -2.24. The molecule has 0 spiro atoms. The number of hydrogen-bond acceptors (Lipinski definition) is 2. The lowest BCUT2D eigenvalue weighted by Crippen LogP contribution is -2.47. The zero-order valence-electron chi connectivity index (χ0n) is 11.0. The molecular formula is C14H24N2O. The average Bonchev–Trinajstić information content (AvgIpc) is 2.35. The summed E-state index contributed by atoms with van der Waals surface area (Å²) in [4.78, 5) is 11.9. The van der Waals surface area contributed by atoms with Crippen LogP contribution >= 0.6 is 0 Å². The van der Waals surface area contributed by atoms with E-state index in [1.54, 1.807) is 0 Å². The summed E-state index contributed by atoms with van der Waals surface area (Å²) in [6.45, 7) is 4.52. The fourth-order valence-corrected chi connectivity index (χ4v) is 2.14. The molecule has 1 aliphatic rings. The second-order valence-electron chi connectivity index (χ2n) is 4.70. The number of carbonyl (C=O) groups is 1. The number of carbonyl (C=O) groups excluding carboxylic acids is 1. The van der Waals surface area contributed by atoms with Crippen LogP contribution in [-0.2, 0) is 4.79 Å². The third-order valence-corrected chi connectivity index (χ3v) is 3.22. The quantitative estimate of drug-likeness (QED) is 0.565. The van der Waals surface area contributed by atoms with Gasteiger partial charge in [-0.1, -0.05) is 19.3 Å². The fraction of sp³-hybridized carbons (Fsp3) is 0.786. The Labute approximate surface area is 105 Å². The van der Waals surface area contributed by atoms with E-state index in [4.69, 9.17) is 0 Å². The van der Waals surface area contributed by atoms with Crippen LogP contribution in [0.2, 0.25) is 0 Å². The van der Waals surface area contributed by atoms with Crippen molar-refractivity contribution in [2.24, 2.45) is 0 Å². The highest BCUT2D eigenvalue weighted by atomic mass is 16.2. The Balaban J connectivity index is 2.18. The predicted molar refractivity (Wildman–Crippen MR) is 70.5 cm³/mol. The molecule has 2 N–H and O–H groups in total. The summed E-state index contributed by atoms with van der Waals surface area (Å²) in [6.07, 6.45) is 6.89. The smallest absolute Gasteiger partial charge is 0.237 e. The van der Waals surface area contributed by atoms with Crippen LogP contribution < -0.4 is 10.6 Å². The molecule has 0 heterocycles. The molecule has 1 aliphatic carbocycles. The van der Waals surface area contributed by atoms with Gasteiger partial charge in [0.2, 0.25) is 5.91 Å². The second-order valence-corrected chi connectivity index (χ2v) is 4.70. The minimum atomic E-state index is -0.115. The topological polar surface area (TPSA) is 41.1 Å². The van der Waals surface area contributed by atoms with Crippen LogP contribution in [0, 0.1) is 11.8 Å². The maximum absolute atomic E-state index is 11.9. The number of amides is 1. The summed E-state index contributed by atoms with van der Waals surface area (Å²) < 4.78 is 0. The molecule has 0 aromatic carbocycles. The minimum Gasteiger partial charge on any atom is -0.352 e. The van der Waals surface area contributed by atoms with Gasteiger partial charge in [0.1, 0.15) is 0 Å². The Kier molecular flexibility index (Phi) is 6.73. The summed E-state index contributed by atoms with van der Waals surface area (Å²) in [5.74, 6) is 5.95. The fourth-order valence-electron chi connectivity index (χ4n) is 2.14. The van der Waals surface area contributed by atoms with Gasteiger partial charge in [0.25, 0.3) is 0 Å². The van der Waals surface area contributed by atoms with Crippen molar-refractivity contribution in [1.82, 2.24) is 10.6 Å². The van der Waals surface area contributed by atoms with Crippen molar-refractivity contribution >= 4 is 5.91 Å². The third-order valence-electron chi connectivity index (χ3n) is 3.22. The van der Waals surface area contributed by atoms with E-state index in [9.17, 15) is 4.79 Å². The minimum absolute atomic E-state index is 0.115. The average molecular weight is 236 g/mol. The van der Waals surface area contributed by atoms with E-state index in [1.807, 2.05) is 13.8 Å². The Morgan fingerprint density at radius 2 is 2.06 bits per heavy atom. The molecule has 3 nitrogen and oxygen atoms in total. The van der Waals surface area contributed by atoms with Gasteiger partial charge in [-0.15, -0.1) is 11.8 Å². The van der Waals surface area contributed by atoms with Gasteiger partial charge in [0.15, 0.2) is 0 Å². The lowest BCUT2D eigenvalue weighted by molar-refractivity contribution is -0.123. The molecule has 0 saturated heterocycles. The standard InChI is InChI=1S/C14H24N2O/c1-3-4-8-11-15-12(2)14(17)16-13-9-6-5-7-10-13/h12-13,15H,5-11H2,1-2H3,(H,16,17). The summed E-state index contributed by atoms with van der Waals surface area (Å²) in [5.41, 5.74) is 0. The van der Waals surface area contributed by atoms with Gasteiger partial charge in [-0.2, -0.15) is 0 Å². The van der Waals surface area contributed by atoms with E-state index < -0.39 is 0 Å². The SMILES string of the molecule is CC#CCCNC(C)C(=O)NC1CCCCC1. The van der Waals surface area contributed by atoms with Gasteiger partial charge in [-0.05, 0) is 26.7 Å². The van der Waals surface area contributed by atoms with Crippen LogP contribution in [0.1, 0.15) is 52.4 Å². The second kappa shape index (κ2) is 8.14. The molecule has 0 bridgehead atoms. The first-order chi connectivity index (χ1) is 8.24. The summed E-state index contributed by atoms with van der Waals surface area (Å²) in [7, 11) is 0. The van der Waals surface area contributed by atoms with Crippen molar-refractivity contribution in [1.29, 1.82) is 0 Å². The highest BCUT2D eigenvalue weighted by Crippen LogP contribution is 2.17. The van der Waals surface area contributed by atoms with Crippen LogP contribution in [0.3, 0.4) is 0 Å². The van der Waals surface area contributed by atoms with Crippen LogP contribution in [0.25, 0.3) is 0 Å². The lowest BCUT2D eigenvalue weighted by atomic mass is 9.95. The van der Waals surface area contributed by atoms with Gasteiger partial charge in [-0.25, -0.2) is 0 Å².